The topological polar surface area (TPSA) is 145 Å². The molecule has 2 N–H and O–H groups in total. The minimum absolute atomic E-state index is 0.0166. The molecule has 0 fully saturated rings. The molecule has 32 heavy (non-hydrogen) atoms. The van der Waals surface area contributed by atoms with E-state index in [0.717, 1.165) is 12.1 Å². The van der Waals surface area contributed by atoms with Crippen molar-refractivity contribution < 1.29 is 27.7 Å². The third-order valence-corrected chi connectivity index (χ3v) is 6.11. The smallest absolute Gasteiger partial charge is 0.325 e. The van der Waals surface area contributed by atoms with Gasteiger partial charge in [0.25, 0.3) is 11.6 Å². The first-order valence-electron chi connectivity index (χ1n) is 9.45. The van der Waals surface area contributed by atoms with Gasteiger partial charge in [-0.15, -0.1) is 0 Å². The summed E-state index contributed by atoms with van der Waals surface area (Å²) in [5.74, 6) is -2.15. The molecule has 2 atom stereocenters. The van der Waals surface area contributed by atoms with Gasteiger partial charge in [0, 0.05) is 12.1 Å². The summed E-state index contributed by atoms with van der Waals surface area (Å²) in [6.45, 7) is 4.55. The highest BCUT2D eigenvalue weighted by Crippen LogP contribution is 2.27. The Kier molecular flexibility index (Phi) is 8.31. The number of sulfonamides is 1. The molecular formula is C20H22ClN3O7S. The number of ether oxygens (including phenoxy) is 1. The second-order valence-corrected chi connectivity index (χ2v) is 9.27. The predicted molar refractivity (Wildman–Crippen MR) is 118 cm³/mol. The maximum atomic E-state index is 12.6. The number of nitrogens with one attached hydrogen (secondary N) is 2. The predicted octanol–water partition coefficient (Wildman–Crippen LogP) is 3.12. The van der Waals surface area contributed by atoms with Crippen LogP contribution in [0.4, 0.5) is 11.4 Å². The molecule has 2 rings (SSSR count). The van der Waals surface area contributed by atoms with Crippen LogP contribution in [0.25, 0.3) is 0 Å². The van der Waals surface area contributed by atoms with Crippen molar-refractivity contribution in [1.29, 1.82) is 0 Å². The highest BCUT2D eigenvalue weighted by molar-refractivity contribution is 7.89. The molecule has 172 valence electrons. The van der Waals surface area contributed by atoms with Gasteiger partial charge in [-0.3, -0.25) is 19.7 Å². The zero-order valence-corrected chi connectivity index (χ0v) is 19.0. The van der Waals surface area contributed by atoms with Gasteiger partial charge in [0.2, 0.25) is 10.0 Å². The molecule has 0 radical (unpaired) electrons. The molecule has 0 heterocycles. The fourth-order valence-electron chi connectivity index (χ4n) is 2.55. The number of esters is 1. The summed E-state index contributed by atoms with van der Waals surface area (Å²) < 4.78 is 32.6. The van der Waals surface area contributed by atoms with Gasteiger partial charge in [0.1, 0.15) is 6.04 Å². The highest BCUT2D eigenvalue weighted by atomic mass is 35.5. The van der Waals surface area contributed by atoms with Crippen LogP contribution in [0.1, 0.15) is 20.8 Å². The largest absolute Gasteiger partial charge is 0.451 e. The summed E-state index contributed by atoms with van der Waals surface area (Å²) in [5.41, 5.74) is -0.159. The van der Waals surface area contributed by atoms with E-state index in [1.54, 1.807) is 32.0 Å². The lowest BCUT2D eigenvalue weighted by Crippen LogP contribution is -2.47. The second-order valence-electron chi connectivity index (χ2n) is 7.15. The van der Waals surface area contributed by atoms with Gasteiger partial charge in [0.05, 0.1) is 20.5 Å². The van der Waals surface area contributed by atoms with Gasteiger partial charge in [-0.2, -0.15) is 4.72 Å². The first-order chi connectivity index (χ1) is 14.9. The maximum absolute atomic E-state index is 12.6. The summed E-state index contributed by atoms with van der Waals surface area (Å²) in [4.78, 5) is 35.1. The quantitative estimate of drug-likeness (QED) is 0.316. The first-order valence-corrected chi connectivity index (χ1v) is 11.3. The molecule has 10 nitrogen and oxygen atoms in total. The Bertz CT molecular complexity index is 1110. The molecule has 2 aromatic carbocycles. The van der Waals surface area contributed by atoms with Crippen LogP contribution in [0.15, 0.2) is 53.4 Å². The van der Waals surface area contributed by atoms with Gasteiger partial charge in [0.15, 0.2) is 6.10 Å². The Morgan fingerprint density at radius 2 is 1.72 bits per heavy atom. The minimum Gasteiger partial charge on any atom is -0.451 e. The van der Waals surface area contributed by atoms with Crippen LogP contribution in [0.2, 0.25) is 5.02 Å². The van der Waals surface area contributed by atoms with Crippen molar-refractivity contribution in [2.45, 2.75) is 37.8 Å². The molecule has 2 aromatic rings. The number of carbonyl (C=O) groups is 2. The van der Waals surface area contributed by atoms with E-state index >= 15 is 0 Å². The summed E-state index contributed by atoms with van der Waals surface area (Å²) in [5, 5.41) is 13.1. The minimum atomic E-state index is -3.99. The van der Waals surface area contributed by atoms with Gasteiger partial charge >= 0.3 is 5.97 Å². The Morgan fingerprint density at radius 1 is 1.09 bits per heavy atom. The Labute approximate surface area is 190 Å². The monoisotopic (exact) mass is 483 g/mol. The van der Waals surface area contributed by atoms with Crippen LogP contribution in [-0.2, 0) is 24.3 Å². The fourth-order valence-corrected chi connectivity index (χ4v) is 4.12. The summed E-state index contributed by atoms with van der Waals surface area (Å²) in [7, 11) is -3.99. The van der Waals surface area contributed by atoms with Crippen LogP contribution in [-0.4, -0.2) is 37.4 Å². The van der Waals surface area contributed by atoms with E-state index < -0.39 is 44.9 Å². The Morgan fingerprint density at radius 3 is 2.25 bits per heavy atom. The SMILES string of the molecule is CC(C)[C@H](NS(=O)(=O)c1ccccc1)C(=O)O[C@@H](C)C(=O)Nc1ccc([N+](=O)[O-])cc1Cl. The zero-order valence-electron chi connectivity index (χ0n) is 17.4. The molecule has 0 saturated heterocycles. The number of rotatable bonds is 9. The molecule has 0 saturated carbocycles. The van der Waals surface area contributed by atoms with E-state index in [2.05, 4.69) is 10.0 Å². The molecule has 0 aromatic heterocycles. The number of benzene rings is 2. The van der Waals surface area contributed by atoms with E-state index in [1.807, 2.05) is 0 Å². The van der Waals surface area contributed by atoms with Crippen molar-refractivity contribution in [2.24, 2.45) is 5.92 Å². The number of hydrogen-bond donors (Lipinski definition) is 2. The third-order valence-electron chi connectivity index (χ3n) is 4.34. The number of nitrogens with zero attached hydrogens (tertiary/aromatic N) is 1. The first kappa shape index (κ1) is 25.2. The number of non-ortho nitro benzene ring substituents is 1. The second kappa shape index (κ2) is 10.5. The molecule has 0 aliphatic rings. The van der Waals surface area contributed by atoms with Crippen molar-refractivity contribution in [3.05, 3.63) is 63.7 Å². The molecule has 1 amide bonds. The van der Waals surface area contributed by atoms with Gasteiger partial charge in [-0.25, -0.2) is 8.42 Å². The molecular weight excluding hydrogens is 462 g/mol. The lowest BCUT2D eigenvalue weighted by molar-refractivity contribution is -0.384. The lowest BCUT2D eigenvalue weighted by Gasteiger charge is -2.23. The molecule has 0 aliphatic heterocycles. The Balaban J connectivity index is 2.08. The van der Waals surface area contributed by atoms with Crippen LogP contribution in [0.5, 0.6) is 0 Å². The average molecular weight is 484 g/mol. The normalized spacial score (nSPS) is 13.3. The summed E-state index contributed by atoms with van der Waals surface area (Å²) in [6.07, 6.45) is -1.30. The molecule has 0 aliphatic carbocycles. The van der Waals surface area contributed by atoms with E-state index in [4.69, 9.17) is 16.3 Å². The van der Waals surface area contributed by atoms with Crippen molar-refractivity contribution >= 4 is 44.9 Å². The van der Waals surface area contributed by atoms with E-state index in [-0.39, 0.29) is 21.3 Å². The summed E-state index contributed by atoms with van der Waals surface area (Å²) in [6, 6.07) is 9.76. The molecule has 12 heteroatoms. The lowest BCUT2D eigenvalue weighted by atomic mass is 10.1. The number of carbonyl (C=O) groups excluding carboxylic acids is 2. The van der Waals surface area contributed by atoms with Gasteiger partial charge < -0.3 is 10.1 Å². The number of nitro benzene ring substituents is 1. The molecule has 0 spiro atoms. The van der Waals surface area contributed by atoms with Crippen molar-refractivity contribution in [1.82, 2.24) is 4.72 Å². The Hall–Kier alpha value is -3.02. The van der Waals surface area contributed by atoms with E-state index in [1.165, 1.54) is 25.1 Å². The average Bonchev–Trinajstić information content (AvgIpc) is 2.73. The van der Waals surface area contributed by atoms with E-state index in [0.29, 0.717) is 0 Å². The maximum Gasteiger partial charge on any atom is 0.325 e. The number of halogens is 1. The number of hydrogen-bond acceptors (Lipinski definition) is 7. The van der Waals surface area contributed by atoms with Crippen LogP contribution >= 0.6 is 11.6 Å². The molecule has 0 bridgehead atoms. The summed E-state index contributed by atoms with van der Waals surface area (Å²) >= 11 is 5.95. The molecule has 0 unspecified atom stereocenters. The van der Waals surface area contributed by atoms with E-state index in [9.17, 15) is 28.1 Å². The fraction of sp³-hybridized carbons (Fsp3) is 0.300. The zero-order chi connectivity index (χ0) is 24.1. The number of nitro groups is 1. The highest BCUT2D eigenvalue weighted by Gasteiger charge is 2.32. The van der Waals surface area contributed by atoms with Crippen molar-refractivity contribution in [2.75, 3.05) is 5.32 Å². The standard InChI is InChI=1S/C20H22ClN3O7S/c1-12(2)18(23-32(29,30)15-7-5-4-6-8-15)20(26)31-13(3)19(25)22-17-10-9-14(24(27)28)11-16(17)21/h4-13,18,23H,1-3H3,(H,22,25)/t13-,18-/m0/s1. The third kappa shape index (κ3) is 6.49. The van der Waals surface area contributed by atoms with Crippen LogP contribution < -0.4 is 10.0 Å². The van der Waals surface area contributed by atoms with Crippen LogP contribution in [0, 0.1) is 16.0 Å². The van der Waals surface area contributed by atoms with Gasteiger partial charge in [-0.1, -0.05) is 43.6 Å². The number of amides is 1. The van der Waals surface area contributed by atoms with Gasteiger partial charge in [-0.05, 0) is 31.0 Å². The number of anilines is 1. The van der Waals surface area contributed by atoms with Crippen LogP contribution in [0.3, 0.4) is 0 Å². The van der Waals surface area contributed by atoms with Crippen molar-refractivity contribution in [3.63, 3.8) is 0 Å². The van der Waals surface area contributed by atoms with Crippen molar-refractivity contribution in [3.8, 4) is 0 Å².